The van der Waals surface area contributed by atoms with Gasteiger partial charge in [-0.15, -0.1) is 0 Å². The number of aromatic nitrogens is 1. The van der Waals surface area contributed by atoms with Crippen LogP contribution in [0.5, 0.6) is 0 Å². The standard InChI is InChI=1S/C36H43ClN4O7/c1-5-36(48-33(45)16-38-31(43)7-6-22(4)42)15-32(44)47-19-26-27(36)13-30-34-25(18-41(30)35(26)46)24(17-40-10-8-20(2)9-11-40)23-12-21(3)28(37)14-29(23)39-34/h12-14,20,26-27H,5-11,15-19H2,1-4H3,(H,38,43)/t26?,27?,36-/m1/s1. The fourth-order valence-electron chi connectivity index (χ4n) is 7.52. The van der Waals surface area contributed by atoms with Crippen LogP contribution in [-0.2, 0) is 46.5 Å². The molecule has 11 nitrogen and oxygen atoms in total. The quantitative estimate of drug-likeness (QED) is 0.381. The lowest BCUT2D eigenvalue weighted by Crippen LogP contribution is -2.52. The molecule has 48 heavy (non-hydrogen) atoms. The van der Waals surface area contributed by atoms with Crippen molar-refractivity contribution < 1.29 is 33.4 Å². The maximum Gasteiger partial charge on any atom is 0.325 e. The molecule has 4 aliphatic heterocycles. The van der Waals surface area contributed by atoms with E-state index >= 15 is 0 Å². The van der Waals surface area contributed by atoms with Crippen molar-refractivity contribution in [1.29, 1.82) is 0 Å². The summed E-state index contributed by atoms with van der Waals surface area (Å²) in [7, 11) is 0. The molecule has 256 valence electrons. The van der Waals surface area contributed by atoms with Gasteiger partial charge in [-0.2, -0.15) is 0 Å². The number of rotatable bonds is 9. The number of ether oxygens (including phenoxy) is 2. The number of benzene rings is 1. The number of pyridine rings is 1. The Kier molecular flexibility index (Phi) is 9.64. The second kappa shape index (κ2) is 13.6. The maximum atomic E-state index is 14.3. The molecule has 0 bridgehead atoms. The SMILES string of the molecule is CC[C@@]1(OC(=O)CNC(=O)CCC(C)=O)CC(=O)OCC2C(=O)N3Cc4c(nc5cc(Cl)c(C)cc5c4CN4CCC(C)CC4)C3=CC21. The Labute approximate surface area is 285 Å². The van der Waals surface area contributed by atoms with Gasteiger partial charge in [0.1, 0.15) is 24.5 Å². The van der Waals surface area contributed by atoms with E-state index < -0.39 is 41.8 Å². The first-order valence-corrected chi connectivity index (χ1v) is 17.3. The number of amides is 2. The smallest absolute Gasteiger partial charge is 0.325 e. The third-order valence-electron chi connectivity index (χ3n) is 10.5. The predicted molar refractivity (Wildman–Crippen MR) is 178 cm³/mol. The van der Waals surface area contributed by atoms with E-state index in [0.29, 0.717) is 28.9 Å². The van der Waals surface area contributed by atoms with Crippen LogP contribution in [0.1, 0.15) is 81.7 Å². The van der Waals surface area contributed by atoms with Crippen LogP contribution >= 0.6 is 11.6 Å². The van der Waals surface area contributed by atoms with Crippen LogP contribution in [0.25, 0.3) is 16.6 Å². The Morgan fingerprint density at radius 1 is 1.17 bits per heavy atom. The Balaban J connectivity index is 1.38. The van der Waals surface area contributed by atoms with Crippen LogP contribution in [0.3, 0.4) is 0 Å². The highest BCUT2D eigenvalue weighted by atomic mass is 35.5. The van der Waals surface area contributed by atoms with Gasteiger partial charge in [-0.3, -0.25) is 24.1 Å². The number of cyclic esters (lactones) is 1. The number of piperidine rings is 1. The number of aryl methyl sites for hydroxylation is 1. The van der Waals surface area contributed by atoms with Gasteiger partial charge < -0.3 is 24.5 Å². The molecule has 1 N–H and O–H groups in total. The van der Waals surface area contributed by atoms with E-state index in [9.17, 15) is 24.0 Å². The Bertz CT molecular complexity index is 1720. The van der Waals surface area contributed by atoms with Crippen molar-refractivity contribution in [3.05, 3.63) is 45.6 Å². The molecule has 0 aliphatic carbocycles. The van der Waals surface area contributed by atoms with Crippen molar-refractivity contribution in [2.24, 2.45) is 17.8 Å². The first-order chi connectivity index (χ1) is 22.9. The molecule has 2 aromatic rings. The van der Waals surface area contributed by atoms with Gasteiger partial charge >= 0.3 is 11.9 Å². The van der Waals surface area contributed by atoms with Crippen LogP contribution in [0.4, 0.5) is 0 Å². The molecule has 3 atom stereocenters. The van der Waals surface area contributed by atoms with Gasteiger partial charge in [-0.25, -0.2) is 4.98 Å². The average Bonchev–Trinajstić information content (AvgIpc) is 3.35. The Morgan fingerprint density at radius 2 is 1.92 bits per heavy atom. The molecule has 2 fully saturated rings. The number of halogens is 1. The molecule has 5 heterocycles. The van der Waals surface area contributed by atoms with E-state index in [1.165, 1.54) is 6.92 Å². The number of nitrogens with zero attached hydrogens (tertiary/aromatic N) is 3. The molecule has 6 rings (SSSR count). The number of Topliss-reactive ketones (excluding diaryl/α,β-unsaturated/α-hetero) is 1. The van der Waals surface area contributed by atoms with E-state index in [-0.39, 0.29) is 44.0 Å². The lowest BCUT2D eigenvalue weighted by molar-refractivity contribution is -0.171. The van der Waals surface area contributed by atoms with Crippen LogP contribution < -0.4 is 5.32 Å². The van der Waals surface area contributed by atoms with Crippen molar-refractivity contribution in [2.45, 2.75) is 84.9 Å². The largest absolute Gasteiger partial charge is 0.465 e. The van der Waals surface area contributed by atoms with Crippen molar-refractivity contribution in [3.8, 4) is 0 Å². The first-order valence-electron chi connectivity index (χ1n) is 16.9. The molecule has 0 saturated carbocycles. The lowest BCUT2D eigenvalue weighted by Gasteiger charge is -2.42. The number of carbonyl (C=O) groups excluding carboxylic acids is 5. The van der Waals surface area contributed by atoms with Crippen molar-refractivity contribution in [3.63, 3.8) is 0 Å². The summed E-state index contributed by atoms with van der Waals surface area (Å²) in [5.74, 6) is -2.87. The zero-order valence-electron chi connectivity index (χ0n) is 28.0. The fourth-order valence-corrected chi connectivity index (χ4v) is 7.68. The third kappa shape index (κ3) is 6.59. The number of esters is 2. The van der Waals surface area contributed by atoms with Gasteiger partial charge in [-0.05, 0) is 75.4 Å². The number of carbonyl (C=O) groups is 5. The molecule has 2 unspecified atom stereocenters. The molecular weight excluding hydrogens is 636 g/mol. The predicted octanol–water partition coefficient (Wildman–Crippen LogP) is 4.48. The molecule has 0 spiro atoms. The molecule has 2 saturated heterocycles. The third-order valence-corrected chi connectivity index (χ3v) is 10.9. The fraction of sp³-hybridized carbons (Fsp3) is 0.556. The number of nitrogens with one attached hydrogen (secondary N) is 1. The number of hydrogen-bond donors (Lipinski definition) is 1. The zero-order valence-corrected chi connectivity index (χ0v) is 28.8. The monoisotopic (exact) mass is 678 g/mol. The van der Waals surface area contributed by atoms with Crippen LogP contribution in [-0.4, -0.2) is 76.2 Å². The molecule has 1 aromatic carbocycles. The summed E-state index contributed by atoms with van der Waals surface area (Å²) in [5.41, 5.74) is 3.76. The summed E-state index contributed by atoms with van der Waals surface area (Å²) < 4.78 is 11.6. The molecule has 12 heteroatoms. The maximum absolute atomic E-state index is 14.3. The Morgan fingerprint density at radius 3 is 2.62 bits per heavy atom. The summed E-state index contributed by atoms with van der Waals surface area (Å²) in [6, 6.07) is 3.97. The lowest BCUT2D eigenvalue weighted by atomic mass is 9.72. The van der Waals surface area contributed by atoms with E-state index in [4.69, 9.17) is 26.1 Å². The second-order valence-corrected chi connectivity index (χ2v) is 14.2. The summed E-state index contributed by atoms with van der Waals surface area (Å²) in [4.78, 5) is 73.2. The van der Waals surface area contributed by atoms with Crippen LogP contribution in [0.2, 0.25) is 5.02 Å². The van der Waals surface area contributed by atoms with Gasteiger partial charge in [0.05, 0.1) is 35.8 Å². The van der Waals surface area contributed by atoms with Gasteiger partial charge in [0, 0.05) is 41.3 Å². The first kappa shape index (κ1) is 34.0. The zero-order chi connectivity index (χ0) is 34.3. The molecule has 1 aromatic heterocycles. The van der Waals surface area contributed by atoms with E-state index in [1.54, 1.807) is 11.8 Å². The number of fused-ring (bicyclic) bond motifs is 5. The Hall–Kier alpha value is -3.83. The van der Waals surface area contributed by atoms with E-state index in [0.717, 1.165) is 60.1 Å². The van der Waals surface area contributed by atoms with Gasteiger partial charge in [0.15, 0.2) is 0 Å². The highest BCUT2D eigenvalue weighted by Gasteiger charge is 2.55. The summed E-state index contributed by atoms with van der Waals surface area (Å²) >= 11 is 6.60. The molecular formula is C36H43ClN4O7. The highest BCUT2D eigenvalue weighted by Crippen LogP contribution is 2.48. The van der Waals surface area contributed by atoms with Gasteiger partial charge in [0.25, 0.3) is 0 Å². The van der Waals surface area contributed by atoms with Gasteiger partial charge in [0.2, 0.25) is 11.8 Å². The van der Waals surface area contributed by atoms with Gasteiger partial charge in [-0.1, -0.05) is 31.5 Å². The normalized spacial score (nSPS) is 24.3. The number of hydrogen-bond acceptors (Lipinski definition) is 9. The van der Waals surface area contributed by atoms with Crippen molar-refractivity contribution >= 4 is 57.7 Å². The summed E-state index contributed by atoms with van der Waals surface area (Å²) in [6.07, 6.45) is 4.22. The number of ketones is 1. The molecule has 2 amide bonds. The molecule has 4 aliphatic rings. The minimum atomic E-state index is -1.39. The van der Waals surface area contributed by atoms with Crippen LogP contribution in [0.15, 0.2) is 18.2 Å². The van der Waals surface area contributed by atoms with Crippen molar-refractivity contribution in [2.75, 3.05) is 26.2 Å². The summed E-state index contributed by atoms with van der Waals surface area (Å²) in [5, 5.41) is 4.13. The van der Waals surface area contributed by atoms with E-state index in [1.807, 2.05) is 19.1 Å². The minimum Gasteiger partial charge on any atom is -0.465 e. The van der Waals surface area contributed by atoms with Crippen LogP contribution in [0, 0.1) is 24.7 Å². The topological polar surface area (TPSA) is 135 Å². The summed E-state index contributed by atoms with van der Waals surface area (Å²) in [6.45, 7) is 9.95. The average molecular weight is 679 g/mol. The number of likely N-dealkylation sites (tertiary alicyclic amines) is 1. The molecule has 0 radical (unpaired) electrons. The highest BCUT2D eigenvalue weighted by molar-refractivity contribution is 6.32. The second-order valence-electron chi connectivity index (χ2n) is 13.8. The van der Waals surface area contributed by atoms with E-state index in [2.05, 4.69) is 23.2 Å². The minimum absolute atomic E-state index is 0.0419. The van der Waals surface area contributed by atoms with Crippen molar-refractivity contribution in [1.82, 2.24) is 20.1 Å².